The van der Waals surface area contributed by atoms with E-state index in [9.17, 15) is 9.67 Å². The number of aliphatic hydroxyl groups excluding tert-OH is 1. The van der Waals surface area contributed by atoms with Crippen molar-refractivity contribution in [2.75, 3.05) is 13.2 Å². The van der Waals surface area contributed by atoms with Gasteiger partial charge in [-0.05, 0) is 20.8 Å². The fourth-order valence-corrected chi connectivity index (χ4v) is 4.40. The van der Waals surface area contributed by atoms with Crippen LogP contribution in [0.2, 0.25) is 19.6 Å². The highest BCUT2D eigenvalue weighted by molar-refractivity contribution is 7.55. The molecule has 0 saturated heterocycles. The van der Waals surface area contributed by atoms with Gasteiger partial charge >= 0.3 is 7.60 Å². The highest BCUT2D eigenvalue weighted by atomic mass is 31.2. The Morgan fingerprint density at radius 3 is 1.94 bits per heavy atom. The summed E-state index contributed by atoms with van der Waals surface area (Å²) in [5.41, 5.74) is 1.47. The van der Waals surface area contributed by atoms with Crippen LogP contribution in [0.25, 0.3) is 0 Å². The first-order chi connectivity index (χ1) is 8.16. The quantitative estimate of drug-likeness (QED) is 0.550. The van der Waals surface area contributed by atoms with Crippen molar-refractivity contribution in [1.29, 1.82) is 0 Å². The molecule has 2 atom stereocenters. The number of rotatable bonds is 8. The summed E-state index contributed by atoms with van der Waals surface area (Å²) >= 11 is 0. The van der Waals surface area contributed by atoms with Crippen molar-refractivity contribution in [2.24, 2.45) is 0 Å². The summed E-state index contributed by atoms with van der Waals surface area (Å²) in [5, 5.41) is 9.83. The van der Waals surface area contributed by atoms with Crippen LogP contribution in [-0.2, 0) is 13.6 Å². The third-order valence-electron chi connectivity index (χ3n) is 2.27. The van der Waals surface area contributed by atoms with Gasteiger partial charge < -0.3 is 14.2 Å². The minimum atomic E-state index is -3.29. The van der Waals surface area contributed by atoms with E-state index in [0.717, 1.165) is 0 Å². The van der Waals surface area contributed by atoms with Gasteiger partial charge in [0.2, 0.25) is 0 Å². The summed E-state index contributed by atoms with van der Waals surface area (Å²) in [4.78, 5) is 0. The zero-order valence-corrected chi connectivity index (χ0v) is 14.2. The van der Waals surface area contributed by atoms with Crippen LogP contribution in [0.5, 0.6) is 0 Å². The third-order valence-corrected chi connectivity index (χ3v) is 6.03. The van der Waals surface area contributed by atoms with E-state index >= 15 is 0 Å². The molecule has 0 aromatic carbocycles. The van der Waals surface area contributed by atoms with Gasteiger partial charge in [0.05, 0.1) is 27.4 Å². The number of aliphatic hydroxyl groups is 1. The molecule has 0 saturated carbocycles. The molecule has 1 N–H and O–H groups in total. The summed E-state index contributed by atoms with van der Waals surface area (Å²) in [6, 6.07) is 0. The van der Waals surface area contributed by atoms with Gasteiger partial charge in [0.15, 0.2) is 0 Å². The fourth-order valence-electron chi connectivity index (χ4n) is 1.49. The van der Waals surface area contributed by atoms with Crippen molar-refractivity contribution in [3.05, 3.63) is 11.8 Å². The zero-order chi connectivity index (χ0) is 14.4. The SMILES string of the molecule is CCOP(=O)(OCC)[C@@H](/C=C/[Si](C)(C)C)[C@H](C)O. The topological polar surface area (TPSA) is 55.8 Å². The van der Waals surface area contributed by atoms with E-state index in [0.29, 0.717) is 13.2 Å². The van der Waals surface area contributed by atoms with Crippen molar-refractivity contribution < 1.29 is 18.7 Å². The van der Waals surface area contributed by atoms with Gasteiger partial charge in [-0.2, -0.15) is 0 Å². The molecular formula is C12H27O4PSi. The van der Waals surface area contributed by atoms with Gasteiger partial charge in [-0.25, -0.2) is 0 Å². The summed E-state index contributed by atoms with van der Waals surface area (Å²) in [6.07, 6.45) is 1.05. The first-order valence-electron chi connectivity index (χ1n) is 6.42. The molecule has 0 heterocycles. The lowest BCUT2D eigenvalue weighted by Crippen LogP contribution is -2.25. The maximum Gasteiger partial charge on any atom is 0.340 e. The Bertz CT molecular complexity index is 300. The van der Waals surface area contributed by atoms with Crippen molar-refractivity contribution in [3.8, 4) is 0 Å². The molecule has 0 aliphatic carbocycles. The van der Waals surface area contributed by atoms with Crippen molar-refractivity contribution in [1.82, 2.24) is 0 Å². The van der Waals surface area contributed by atoms with Crippen LogP contribution >= 0.6 is 7.60 Å². The van der Waals surface area contributed by atoms with Gasteiger partial charge in [0.25, 0.3) is 0 Å². The molecule has 0 aliphatic rings. The third kappa shape index (κ3) is 6.30. The maximum absolute atomic E-state index is 12.6. The first kappa shape index (κ1) is 18.1. The Morgan fingerprint density at radius 1 is 1.22 bits per heavy atom. The maximum atomic E-state index is 12.6. The molecular weight excluding hydrogens is 267 g/mol. The average Bonchev–Trinajstić information content (AvgIpc) is 2.15. The van der Waals surface area contributed by atoms with E-state index in [4.69, 9.17) is 9.05 Å². The predicted molar refractivity (Wildman–Crippen MR) is 78.8 cm³/mol. The van der Waals surface area contributed by atoms with Crippen LogP contribution in [0, 0.1) is 0 Å². The molecule has 0 radical (unpaired) electrons. The molecule has 0 bridgehead atoms. The normalized spacial score (nSPS) is 17.1. The number of hydrogen-bond acceptors (Lipinski definition) is 4. The van der Waals surface area contributed by atoms with Gasteiger partial charge in [-0.3, -0.25) is 4.57 Å². The van der Waals surface area contributed by atoms with Crippen LogP contribution in [0.4, 0.5) is 0 Å². The molecule has 108 valence electrons. The van der Waals surface area contributed by atoms with Gasteiger partial charge in [-0.1, -0.05) is 31.4 Å². The first-order valence-corrected chi connectivity index (χ1v) is 11.6. The standard InChI is InChI=1S/C12H27O4PSi/c1-7-15-17(14,16-8-2)12(11(3)13)9-10-18(4,5)6/h9-13H,7-8H2,1-6H3/b10-9+/t11-,12-/m0/s1. The molecule has 0 unspecified atom stereocenters. The molecule has 0 rings (SSSR count). The second-order valence-corrected chi connectivity index (χ2v) is 12.6. The Labute approximate surface area is 112 Å². The molecule has 0 aliphatic heterocycles. The predicted octanol–water partition coefficient (Wildman–Crippen LogP) is 3.44. The monoisotopic (exact) mass is 294 g/mol. The van der Waals surface area contributed by atoms with E-state index in [1.54, 1.807) is 20.8 Å². The van der Waals surface area contributed by atoms with Gasteiger partial charge in [-0.15, -0.1) is 0 Å². The van der Waals surface area contributed by atoms with Crippen LogP contribution in [0.3, 0.4) is 0 Å². The second-order valence-electron chi connectivity index (χ2n) is 5.33. The largest absolute Gasteiger partial charge is 0.392 e. The Kier molecular flexibility index (Phi) is 7.63. The highest BCUT2D eigenvalue weighted by Gasteiger charge is 2.37. The lowest BCUT2D eigenvalue weighted by atomic mass is 10.3. The molecule has 0 aromatic heterocycles. The Balaban J connectivity index is 5.17. The lowest BCUT2D eigenvalue weighted by Gasteiger charge is -2.26. The van der Waals surface area contributed by atoms with Crippen LogP contribution < -0.4 is 0 Å². The van der Waals surface area contributed by atoms with Gasteiger partial charge in [0, 0.05) is 0 Å². The van der Waals surface area contributed by atoms with Crippen LogP contribution in [-0.4, -0.2) is 38.2 Å². The molecule has 0 spiro atoms. The molecule has 0 aromatic rings. The smallest absolute Gasteiger partial charge is 0.340 e. The minimum Gasteiger partial charge on any atom is -0.392 e. The summed E-state index contributed by atoms with van der Waals surface area (Å²) in [6.45, 7) is 12.3. The molecule has 18 heavy (non-hydrogen) atoms. The van der Waals surface area contributed by atoms with Crippen molar-refractivity contribution >= 4 is 15.7 Å². The minimum absolute atomic E-state index is 0.307. The van der Waals surface area contributed by atoms with E-state index in [1.165, 1.54) is 0 Å². The van der Waals surface area contributed by atoms with Crippen molar-refractivity contribution in [3.63, 3.8) is 0 Å². The van der Waals surface area contributed by atoms with Crippen LogP contribution in [0.1, 0.15) is 20.8 Å². The average molecular weight is 294 g/mol. The molecule has 0 fully saturated rings. The summed E-state index contributed by atoms with van der Waals surface area (Å²) in [7, 11) is -4.70. The summed E-state index contributed by atoms with van der Waals surface area (Å²) < 4.78 is 23.2. The molecule has 6 heteroatoms. The molecule has 4 nitrogen and oxygen atoms in total. The van der Waals surface area contributed by atoms with E-state index in [-0.39, 0.29) is 0 Å². The highest BCUT2D eigenvalue weighted by Crippen LogP contribution is 2.54. The zero-order valence-electron chi connectivity index (χ0n) is 12.3. The lowest BCUT2D eigenvalue weighted by molar-refractivity contribution is 0.163. The van der Waals surface area contributed by atoms with Crippen LogP contribution in [0.15, 0.2) is 11.8 Å². The summed E-state index contributed by atoms with van der Waals surface area (Å²) in [5.74, 6) is 0. The van der Waals surface area contributed by atoms with E-state index < -0.39 is 27.4 Å². The Morgan fingerprint density at radius 2 is 1.67 bits per heavy atom. The van der Waals surface area contributed by atoms with E-state index in [1.807, 2.05) is 6.08 Å². The van der Waals surface area contributed by atoms with E-state index in [2.05, 4.69) is 25.3 Å². The molecule has 0 amide bonds. The van der Waals surface area contributed by atoms with Crippen molar-refractivity contribution in [2.45, 2.75) is 52.2 Å². The Hall–Kier alpha value is 0.0669. The second kappa shape index (κ2) is 7.61. The van der Waals surface area contributed by atoms with Gasteiger partial charge in [0.1, 0.15) is 5.66 Å². The number of hydrogen-bond donors (Lipinski definition) is 1. The fraction of sp³-hybridized carbons (Fsp3) is 0.833.